The maximum atomic E-state index is 11.2. The topological polar surface area (TPSA) is 93.8 Å². The van der Waals surface area contributed by atoms with E-state index in [1.54, 1.807) is 20.0 Å². The highest BCUT2D eigenvalue weighted by Gasteiger charge is 2.30. The summed E-state index contributed by atoms with van der Waals surface area (Å²) in [6.45, 7) is 5.35. The van der Waals surface area contributed by atoms with E-state index in [2.05, 4.69) is 20.5 Å². The summed E-state index contributed by atoms with van der Waals surface area (Å²) in [5.74, 6) is -0.417. The van der Waals surface area contributed by atoms with Crippen LogP contribution < -0.4 is 0 Å². The lowest BCUT2D eigenvalue weighted by Gasteiger charge is -2.19. The van der Waals surface area contributed by atoms with Crippen molar-refractivity contribution in [2.45, 2.75) is 27.3 Å². The molecule has 0 fully saturated rings. The summed E-state index contributed by atoms with van der Waals surface area (Å²) in [6, 6.07) is 3.73. The zero-order valence-electron chi connectivity index (χ0n) is 11.0. The number of aliphatic carboxylic acids is 1. The second-order valence-corrected chi connectivity index (χ2v) is 5.02. The van der Waals surface area contributed by atoms with Gasteiger partial charge < -0.3 is 5.11 Å². The zero-order valence-corrected chi connectivity index (χ0v) is 11.0. The fourth-order valence-electron chi connectivity index (χ4n) is 1.64. The van der Waals surface area contributed by atoms with Crippen LogP contribution in [-0.2, 0) is 11.3 Å². The molecule has 0 aromatic carbocycles. The van der Waals surface area contributed by atoms with Crippen molar-refractivity contribution in [3.05, 3.63) is 23.9 Å². The maximum Gasteiger partial charge on any atom is 0.310 e. The molecule has 0 radical (unpaired) electrons. The lowest BCUT2D eigenvalue weighted by molar-refractivity contribution is -0.147. The van der Waals surface area contributed by atoms with Crippen molar-refractivity contribution in [2.75, 3.05) is 0 Å². The van der Waals surface area contributed by atoms with Crippen molar-refractivity contribution in [3.8, 4) is 11.5 Å². The summed E-state index contributed by atoms with van der Waals surface area (Å²) in [6.07, 6.45) is 1.66. The third kappa shape index (κ3) is 2.59. The van der Waals surface area contributed by atoms with E-state index in [4.69, 9.17) is 5.11 Å². The van der Waals surface area contributed by atoms with Gasteiger partial charge in [0.1, 0.15) is 5.69 Å². The molecule has 0 spiro atoms. The van der Waals surface area contributed by atoms with Crippen molar-refractivity contribution < 1.29 is 9.90 Å². The van der Waals surface area contributed by atoms with Gasteiger partial charge in [-0.05, 0) is 42.8 Å². The number of carbonyl (C=O) groups is 1. The van der Waals surface area contributed by atoms with Gasteiger partial charge in [0.05, 0.1) is 12.0 Å². The smallest absolute Gasteiger partial charge is 0.310 e. The highest BCUT2D eigenvalue weighted by molar-refractivity contribution is 5.73. The molecule has 19 heavy (non-hydrogen) atoms. The number of hydrogen-bond donors (Lipinski definition) is 1. The summed E-state index contributed by atoms with van der Waals surface area (Å²) >= 11 is 0. The van der Waals surface area contributed by atoms with E-state index >= 15 is 0 Å². The number of aromatic nitrogens is 5. The predicted molar refractivity (Wildman–Crippen MR) is 67.2 cm³/mol. The molecule has 0 saturated heterocycles. The Kier molecular flexibility index (Phi) is 3.28. The van der Waals surface area contributed by atoms with Gasteiger partial charge in [-0.25, -0.2) is 4.68 Å². The van der Waals surface area contributed by atoms with E-state index in [1.807, 2.05) is 19.1 Å². The lowest BCUT2D eigenvalue weighted by Crippen LogP contribution is -2.30. The predicted octanol–water partition coefficient (Wildman–Crippen LogP) is 1.15. The first kappa shape index (κ1) is 13.1. The molecule has 0 aliphatic heterocycles. The summed E-state index contributed by atoms with van der Waals surface area (Å²) in [5, 5.41) is 20.6. The van der Waals surface area contributed by atoms with Crippen LogP contribution in [0.2, 0.25) is 0 Å². The molecule has 0 unspecified atom stereocenters. The molecule has 2 rings (SSSR count). The van der Waals surface area contributed by atoms with Gasteiger partial charge in [0.2, 0.25) is 5.82 Å². The molecule has 0 aliphatic rings. The molecular formula is C12H15N5O2. The zero-order chi connectivity index (χ0) is 14.0. The van der Waals surface area contributed by atoms with E-state index in [0.717, 1.165) is 5.56 Å². The Hall–Kier alpha value is -2.31. The number of carboxylic acids is 1. The minimum absolute atomic E-state index is 0.181. The standard InChI is InChI=1S/C12H15N5O2/c1-8-5-4-6-13-9(8)10-14-15-16-17(10)7-12(2,3)11(18)19/h4-6H,7H2,1-3H3,(H,18,19). The summed E-state index contributed by atoms with van der Waals surface area (Å²) in [7, 11) is 0. The van der Waals surface area contributed by atoms with Gasteiger partial charge in [0.15, 0.2) is 0 Å². The average Bonchev–Trinajstić information content (AvgIpc) is 2.77. The van der Waals surface area contributed by atoms with Crippen LogP contribution in [0.3, 0.4) is 0 Å². The van der Waals surface area contributed by atoms with Crippen LogP contribution in [0.4, 0.5) is 0 Å². The molecule has 0 amide bonds. The first-order chi connectivity index (χ1) is 8.92. The van der Waals surface area contributed by atoms with Gasteiger partial charge in [-0.2, -0.15) is 0 Å². The Morgan fingerprint density at radius 1 is 1.47 bits per heavy atom. The SMILES string of the molecule is Cc1cccnc1-c1nnnn1CC(C)(C)C(=O)O. The third-order valence-electron chi connectivity index (χ3n) is 2.88. The Labute approximate surface area is 110 Å². The highest BCUT2D eigenvalue weighted by Crippen LogP contribution is 2.22. The second-order valence-electron chi connectivity index (χ2n) is 5.02. The number of aryl methyl sites for hydroxylation is 1. The molecular weight excluding hydrogens is 246 g/mol. The number of pyridine rings is 1. The minimum atomic E-state index is -0.952. The fourth-order valence-corrected chi connectivity index (χ4v) is 1.64. The van der Waals surface area contributed by atoms with E-state index in [1.165, 1.54) is 4.68 Å². The molecule has 7 heteroatoms. The number of hydrogen-bond acceptors (Lipinski definition) is 5. The largest absolute Gasteiger partial charge is 0.481 e. The van der Waals surface area contributed by atoms with Gasteiger partial charge in [-0.1, -0.05) is 6.07 Å². The number of nitrogens with zero attached hydrogens (tertiary/aromatic N) is 5. The van der Waals surface area contributed by atoms with Crippen molar-refractivity contribution in [2.24, 2.45) is 5.41 Å². The quantitative estimate of drug-likeness (QED) is 0.887. The normalized spacial score (nSPS) is 11.5. The molecule has 1 N–H and O–H groups in total. The van der Waals surface area contributed by atoms with Crippen molar-refractivity contribution in [1.82, 2.24) is 25.2 Å². The molecule has 2 aromatic rings. The van der Waals surface area contributed by atoms with Crippen LogP contribution in [0, 0.1) is 12.3 Å². The minimum Gasteiger partial charge on any atom is -0.481 e. The van der Waals surface area contributed by atoms with Gasteiger partial charge in [0, 0.05) is 6.20 Å². The Morgan fingerprint density at radius 2 is 2.21 bits per heavy atom. The van der Waals surface area contributed by atoms with Crippen LogP contribution in [-0.4, -0.2) is 36.3 Å². The number of carboxylic acid groups (broad SMARTS) is 1. The van der Waals surface area contributed by atoms with E-state index in [9.17, 15) is 4.79 Å². The lowest BCUT2D eigenvalue weighted by atomic mass is 9.94. The summed E-state index contributed by atoms with van der Waals surface area (Å²) < 4.78 is 1.48. The molecule has 7 nitrogen and oxygen atoms in total. The van der Waals surface area contributed by atoms with E-state index < -0.39 is 11.4 Å². The molecule has 2 heterocycles. The van der Waals surface area contributed by atoms with Crippen molar-refractivity contribution in [3.63, 3.8) is 0 Å². The average molecular weight is 261 g/mol. The summed E-state index contributed by atoms with van der Waals surface area (Å²) in [5.41, 5.74) is 0.646. The molecule has 100 valence electrons. The van der Waals surface area contributed by atoms with Gasteiger partial charge >= 0.3 is 5.97 Å². The van der Waals surface area contributed by atoms with Gasteiger partial charge in [-0.3, -0.25) is 9.78 Å². The third-order valence-corrected chi connectivity index (χ3v) is 2.88. The summed E-state index contributed by atoms with van der Waals surface area (Å²) in [4.78, 5) is 15.4. The van der Waals surface area contributed by atoms with Gasteiger partial charge in [0.25, 0.3) is 0 Å². The van der Waals surface area contributed by atoms with Crippen LogP contribution in [0.25, 0.3) is 11.5 Å². The first-order valence-corrected chi connectivity index (χ1v) is 5.83. The van der Waals surface area contributed by atoms with Crippen LogP contribution in [0.15, 0.2) is 18.3 Å². The monoisotopic (exact) mass is 261 g/mol. The van der Waals surface area contributed by atoms with Crippen LogP contribution in [0.1, 0.15) is 19.4 Å². The second kappa shape index (κ2) is 4.75. The molecule has 0 atom stereocenters. The Morgan fingerprint density at radius 3 is 2.84 bits per heavy atom. The van der Waals surface area contributed by atoms with E-state index in [0.29, 0.717) is 11.5 Å². The molecule has 0 aliphatic carbocycles. The first-order valence-electron chi connectivity index (χ1n) is 5.83. The van der Waals surface area contributed by atoms with Crippen molar-refractivity contribution >= 4 is 5.97 Å². The van der Waals surface area contributed by atoms with E-state index in [-0.39, 0.29) is 6.54 Å². The maximum absolute atomic E-state index is 11.2. The number of tetrazole rings is 1. The highest BCUT2D eigenvalue weighted by atomic mass is 16.4. The van der Waals surface area contributed by atoms with Crippen LogP contribution >= 0.6 is 0 Å². The molecule has 0 bridgehead atoms. The van der Waals surface area contributed by atoms with Crippen molar-refractivity contribution in [1.29, 1.82) is 0 Å². The molecule has 0 saturated carbocycles. The van der Waals surface area contributed by atoms with Gasteiger partial charge in [-0.15, -0.1) is 5.10 Å². The Balaban J connectivity index is 2.39. The number of rotatable bonds is 4. The Bertz CT molecular complexity index is 606. The fraction of sp³-hybridized carbons (Fsp3) is 0.417. The van der Waals surface area contributed by atoms with Crippen LogP contribution in [0.5, 0.6) is 0 Å². The molecule has 2 aromatic heterocycles.